The summed E-state index contributed by atoms with van der Waals surface area (Å²) in [5.74, 6) is 0.476. The monoisotopic (exact) mass is 573 g/mol. The van der Waals surface area contributed by atoms with Gasteiger partial charge < -0.3 is 30.5 Å². The van der Waals surface area contributed by atoms with Gasteiger partial charge >= 0.3 is 5.97 Å². The number of aliphatic carboxylic acids is 1. The molecular weight excluding hydrogens is 522 g/mol. The van der Waals surface area contributed by atoms with Gasteiger partial charge in [0.2, 0.25) is 6.41 Å². The Morgan fingerprint density at radius 1 is 1.12 bits per heavy atom. The van der Waals surface area contributed by atoms with E-state index >= 15 is 0 Å². The Labute approximate surface area is 246 Å². The van der Waals surface area contributed by atoms with E-state index in [1.165, 1.54) is 0 Å². The molecule has 41 heavy (non-hydrogen) atoms. The molecule has 1 aromatic rings. The first-order valence-electron chi connectivity index (χ1n) is 14.6. The molecule has 0 saturated carbocycles. The van der Waals surface area contributed by atoms with Crippen molar-refractivity contribution >= 4 is 18.1 Å². The van der Waals surface area contributed by atoms with Crippen molar-refractivity contribution < 1.29 is 24.2 Å². The molecule has 1 aliphatic rings. The Hall–Kier alpha value is -3.37. The lowest BCUT2D eigenvalue weighted by molar-refractivity contribution is -0.140. The van der Waals surface area contributed by atoms with E-state index in [4.69, 9.17) is 15.2 Å². The first-order valence-corrected chi connectivity index (χ1v) is 14.6. The maximum absolute atomic E-state index is 11.4. The van der Waals surface area contributed by atoms with Crippen LogP contribution in [0, 0.1) is 0 Å². The molecule has 1 aliphatic heterocycles. The smallest absolute Gasteiger partial charge is 0.326 e. The van der Waals surface area contributed by atoms with Gasteiger partial charge in [0.25, 0.3) is 0 Å². The van der Waals surface area contributed by atoms with E-state index in [0.717, 1.165) is 81.1 Å². The van der Waals surface area contributed by atoms with E-state index < -0.39 is 12.0 Å². The van der Waals surface area contributed by atoms with E-state index in [2.05, 4.69) is 47.1 Å². The number of amides is 1. The average molecular weight is 574 g/mol. The standard InChI is InChI=1S/C26H38N4O5.C5H13N/c1-34-23-9-11-24(12-10-23)35-18-17-30(16-13-25(26(32)33)29-20-31)15-3-2-6-22-8-7-21(19-27)5-4-14-28-22;1-4-6(3)5-2/h7-12,19-20,25H,2-6,13-18,27H2,1H3,(H,29,31)(H,32,33);4-5H2,1-3H3/b8-7-,21-19+,28-22?;. The molecule has 0 aliphatic carbocycles. The van der Waals surface area contributed by atoms with Gasteiger partial charge in [-0.15, -0.1) is 0 Å². The van der Waals surface area contributed by atoms with Gasteiger partial charge in [-0.05, 0) is 107 Å². The van der Waals surface area contributed by atoms with Crippen molar-refractivity contribution in [2.24, 2.45) is 10.7 Å². The lowest BCUT2D eigenvalue weighted by Gasteiger charge is -2.24. The number of nitrogens with two attached hydrogens (primary N) is 1. The third-order valence-electron chi connectivity index (χ3n) is 6.92. The molecule has 10 heteroatoms. The average Bonchev–Trinajstić information content (AvgIpc) is 2.98. The Bertz CT molecular complexity index is 945. The predicted molar refractivity (Wildman–Crippen MR) is 166 cm³/mol. The van der Waals surface area contributed by atoms with Crippen LogP contribution in [0.15, 0.2) is 53.2 Å². The zero-order valence-corrected chi connectivity index (χ0v) is 25.4. The number of allylic oxidation sites excluding steroid dienone is 3. The lowest BCUT2D eigenvalue weighted by Crippen LogP contribution is -2.40. The number of carboxylic acid groups (broad SMARTS) is 1. The fraction of sp³-hybridized carbons (Fsp3) is 0.581. The minimum absolute atomic E-state index is 0.320. The minimum Gasteiger partial charge on any atom is -0.497 e. The SMILES string of the molecule is CCN(C)CC.COc1ccc(OCCN(CCCCC2=NCCCC(=C\N)/C=C\2)CCC(NC=O)C(=O)O)cc1. The number of carbonyl (C=O) groups excluding carboxylic acids is 1. The van der Waals surface area contributed by atoms with Crippen LogP contribution in [0.1, 0.15) is 52.4 Å². The van der Waals surface area contributed by atoms with Crippen LogP contribution in [0.5, 0.6) is 11.5 Å². The summed E-state index contributed by atoms with van der Waals surface area (Å²) in [6.07, 6.45) is 11.3. The molecule has 230 valence electrons. The third-order valence-corrected chi connectivity index (χ3v) is 6.92. The number of unbranched alkanes of at least 4 members (excludes halogenated alkanes) is 1. The molecule has 0 aromatic heterocycles. The van der Waals surface area contributed by atoms with Crippen LogP contribution < -0.4 is 20.5 Å². The molecule has 0 bridgehead atoms. The number of aliphatic imine (C=N–C) groups is 1. The zero-order valence-electron chi connectivity index (χ0n) is 25.4. The summed E-state index contributed by atoms with van der Waals surface area (Å²) in [5, 5.41) is 11.7. The highest BCUT2D eigenvalue weighted by molar-refractivity contribution is 5.95. The molecule has 1 unspecified atom stereocenters. The largest absolute Gasteiger partial charge is 0.497 e. The quantitative estimate of drug-likeness (QED) is 0.179. The second-order valence-electron chi connectivity index (χ2n) is 9.83. The Balaban J connectivity index is 0.00000126. The van der Waals surface area contributed by atoms with Gasteiger partial charge in [0, 0.05) is 25.3 Å². The van der Waals surface area contributed by atoms with Crippen molar-refractivity contribution in [3.8, 4) is 11.5 Å². The number of nitrogens with zero attached hydrogens (tertiary/aromatic N) is 3. The number of methoxy groups -OCH3 is 1. The molecular formula is C31H51N5O5. The number of carboxylic acids is 1. The fourth-order valence-corrected chi connectivity index (χ4v) is 3.98. The maximum Gasteiger partial charge on any atom is 0.326 e. The van der Waals surface area contributed by atoms with Crippen molar-refractivity contribution in [3.63, 3.8) is 0 Å². The molecule has 4 N–H and O–H groups in total. The topological polar surface area (TPSA) is 130 Å². The van der Waals surface area contributed by atoms with Gasteiger partial charge in [0.15, 0.2) is 0 Å². The van der Waals surface area contributed by atoms with Crippen LogP contribution >= 0.6 is 0 Å². The maximum atomic E-state index is 11.4. The van der Waals surface area contributed by atoms with Gasteiger partial charge in [-0.25, -0.2) is 4.79 Å². The zero-order chi connectivity index (χ0) is 30.3. The van der Waals surface area contributed by atoms with Crippen molar-refractivity contribution in [1.82, 2.24) is 15.1 Å². The number of rotatable bonds is 18. The fourth-order valence-electron chi connectivity index (χ4n) is 3.98. The second-order valence-corrected chi connectivity index (χ2v) is 9.83. The predicted octanol–water partition coefficient (Wildman–Crippen LogP) is 3.73. The highest BCUT2D eigenvalue weighted by Gasteiger charge is 2.18. The van der Waals surface area contributed by atoms with Gasteiger partial charge in [-0.3, -0.25) is 14.7 Å². The first-order chi connectivity index (χ1) is 19.9. The van der Waals surface area contributed by atoms with Gasteiger partial charge in [0.1, 0.15) is 24.1 Å². The summed E-state index contributed by atoms with van der Waals surface area (Å²) in [7, 11) is 3.73. The molecule has 1 amide bonds. The molecule has 0 radical (unpaired) electrons. The summed E-state index contributed by atoms with van der Waals surface area (Å²) in [6.45, 7) is 9.89. The Morgan fingerprint density at radius 2 is 1.83 bits per heavy atom. The van der Waals surface area contributed by atoms with Gasteiger partial charge in [-0.2, -0.15) is 0 Å². The third kappa shape index (κ3) is 16.5. The van der Waals surface area contributed by atoms with Crippen LogP contribution in [0.3, 0.4) is 0 Å². The lowest BCUT2D eigenvalue weighted by atomic mass is 10.1. The molecule has 0 saturated heterocycles. The molecule has 1 atom stereocenters. The van der Waals surface area contributed by atoms with Crippen molar-refractivity contribution in [2.75, 3.05) is 60.0 Å². The van der Waals surface area contributed by atoms with E-state index in [-0.39, 0.29) is 0 Å². The number of nitrogens with one attached hydrogen (secondary N) is 1. The second kappa shape index (κ2) is 22.3. The molecule has 0 fully saturated rings. The molecule has 0 spiro atoms. The van der Waals surface area contributed by atoms with E-state index in [0.29, 0.717) is 32.5 Å². The van der Waals surface area contributed by atoms with Gasteiger partial charge in [0.05, 0.1) is 7.11 Å². The Kier molecular flexibility index (Phi) is 19.4. The molecule has 2 rings (SSSR count). The van der Waals surface area contributed by atoms with Crippen molar-refractivity contribution in [3.05, 3.63) is 48.2 Å². The highest BCUT2D eigenvalue weighted by Crippen LogP contribution is 2.17. The van der Waals surface area contributed by atoms with Crippen LogP contribution in [0.2, 0.25) is 0 Å². The van der Waals surface area contributed by atoms with Gasteiger partial charge in [-0.1, -0.05) is 19.9 Å². The number of hydrogen-bond acceptors (Lipinski definition) is 8. The summed E-state index contributed by atoms with van der Waals surface area (Å²) >= 11 is 0. The Morgan fingerprint density at radius 3 is 2.41 bits per heavy atom. The summed E-state index contributed by atoms with van der Waals surface area (Å²) in [5.41, 5.74) is 7.89. The van der Waals surface area contributed by atoms with E-state index in [1.54, 1.807) is 13.3 Å². The molecule has 1 heterocycles. The number of hydrogen-bond donors (Lipinski definition) is 3. The summed E-state index contributed by atoms with van der Waals surface area (Å²) in [6, 6.07) is 6.48. The molecule has 1 aromatic carbocycles. The van der Waals surface area contributed by atoms with Crippen LogP contribution in [-0.4, -0.2) is 99.1 Å². The van der Waals surface area contributed by atoms with Crippen LogP contribution in [0.25, 0.3) is 0 Å². The summed E-state index contributed by atoms with van der Waals surface area (Å²) < 4.78 is 11.0. The van der Waals surface area contributed by atoms with Crippen LogP contribution in [-0.2, 0) is 9.59 Å². The molecule has 10 nitrogen and oxygen atoms in total. The number of benzene rings is 1. The van der Waals surface area contributed by atoms with Crippen molar-refractivity contribution in [2.45, 2.75) is 58.4 Å². The van der Waals surface area contributed by atoms with Crippen LogP contribution in [0.4, 0.5) is 0 Å². The van der Waals surface area contributed by atoms with E-state index in [1.807, 2.05) is 30.3 Å². The summed E-state index contributed by atoms with van der Waals surface area (Å²) in [4.78, 5) is 31.2. The van der Waals surface area contributed by atoms with Crippen molar-refractivity contribution in [1.29, 1.82) is 0 Å². The number of ether oxygens (including phenoxy) is 2. The first kappa shape index (κ1) is 35.7. The highest BCUT2D eigenvalue weighted by atomic mass is 16.5. The minimum atomic E-state index is -1.04. The van der Waals surface area contributed by atoms with E-state index in [9.17, 15) is 14.7 Å². The number of carbonyl (C=O) groups is 2. The normalized spacial score (nSPS) is 15.7.